The Bertz CT molecular complexity index is 524. The summed E-state index contributed by atoms with van der Waals surface area (Å²) in [5, 5.41) is 0. The van der Waals surface area contributed by atoms with Gasteiger partial charge in [-0.15, -0.1) is 0 Å². The van der Waals surface area contributed by atoms with Crippen molar-refractivity contribution in [3.63, 3.8) is 0 Å². The fourth-order valence-electron chi connectivity index (χ4n) is 3.67. The predicted octanol–water partition coefficient (Wildman–Crippen LogP) is 5.49. The zero-order valence-electron chi connectivity index (χ0n) is 19.5. The van der Waals surface area contributed by atoms with Gasteiger partial charge in [0.15, 0.2) is 8.32 Å². The zero-order chi connectivity index (χ0) is 21.7. The maximum atomic E-state index is 6.89. The first kappa shape index (κ1) is 26.1. The highest BCUT2D eigenvalue weighted by atomic mass is 28.4. The molecule has 1 aromatic rings. The van der Waals surface area contributed by atoms with E-state index >= 15 is 0 Å². The second-order valence-corrected chi connectivity index (χ2v) is 12.6. The van der Waals surface area contributed by atoms with Gasteiger partial charge in [-0.1, -0.05) is 46.8 Å². The second-order valence-electron chi connectivity index (χ2n) is 7.92. The van der Waals surface area contributed by atoms with Crippen LogP contribution in [0.15, 0.2) is 24.3 Å². The number of ether oxygens (including phenoxy) is 4. The van der Waals surface area contributed by atoms with E-state index in [1.54, 1.807) is 14.2 Å². The van der Waals surface area contributed by atoms with Crippen molar-refractivity contribution < 1.29 is 23.4 Å². The first-order valence-corrected chi connectivity index (χ1v) is 13.4. The lowest BCUT2D eigenvalue weighted by molar-refractivity contribution is -0.0675. The van der Waals surface area contributed by atoms with E-state index in [1.807, 2.05) is 24.3 Å². The summed E-state index contributed by atoms with van der Waals surface area (Å²) in [7, 11) is 1.60. The van der Waals surface area contributed by atoms with Crippen molar-refractivity contribution >= 4 is 8.32 Å². The second kappa shape index (κ2) is 14.1. The van der Waals surface area contributed by atoms with E-state index in [2.05, 4.69) is 34.6 Å². The molecule has 0 saturated carbocycles. The summed E-state index contributed by atoms with van der Waals surface area (Å²) in [5.74, 6) is 1.42. The van der Waals surface area contributed by atoms with Crippen molar-refractivity contribution in [1.82, 2.24) is 0 Å². The largest absolute Gasteiger partial charge is 0.497 e. The SMILES string of the molecule is CC[Si](CC)(CC)O[C@H]([C@@H](C)COCOC)[C@@H](C)COCc1ccc(OC)cc1. The lowest BCUT2D eigenvalue weighted by Gasteiger charge is -2.39. The van der Waals surface area contributed by atoms with Gasteiger partial charge in [0, 0.05) is 18.9 Å². The van der Waals surface area contributed by atoms with Crippen LogP contribution in [-0.4, -0.2) is 48.6 Å². The van der Waals surface area contributed by atoms with Gasteiger partial charge >= 0.3 is 0 Å². The minimum Gasteiger partial charge on any atom is -0.497 e. The van der Waals surface area contributed by atoms with Crippen LogP contribution in [0.4, 0.5) is 0 Å². The molecule has 0 amide bonds. The number of hydrogen-bond donors (Lipinski definition) is 0. The van der Waals surface area contributed by atoms with E-state index in [9.17, 15) is 0 Å². The third kappa shape index (κ3) is 8.76. The molecule has 0 N–H and O–H groups in total. The average Bonchev–Trinajstić information content (AvgIpc) is 2.75. The van der Waals surface area contributed by atoms with Crippen LogP contribution in [0.1, 0.15) is 40.2 Å². The Kier molecular flexibility index (Phi) is 12.7. The molecular formula is C23H42O5Si. The molecule has 5 nitrogen and oxygen atoms in total. The summed E-state index contributed by atoms with van der Waals surface area (Å²) in [6.07, 6.45) is 0.120. The lowest BCUT2D eigenvalue weighted by Crippen LogP contribution is -2.46. The predicted molar refractivity (Wildman–Crippen MR) is 121 cm³/mol. The Hall–Kier alpha value is -0.923. The van der Waals surface area contributed by atoms with E-state index in [0.717, 1.165) is 29.4 Å². The Morgan fingerprint density at radius 1 is 0.828 bits per heavy atom. The van der Waals surface area contributed by atoms with Crippen molar-refractivity contribution in [2.24, 2.45) is 11.8 Å². The first-order chi connectivity index (χ1) is 13.9. The summed E-state index contributed by atoms with van der Waals surface area (Å²) < 4.78 is 28.9. The molecule has 0 aliphatic carbocycles. The molecule has 3 atom stereocenters. The number of benzene rings is 1. The van der Waals surface area contributed by atoms with E-state index in [-0.39, 0.29) is 17.9 Å². The lowest BCUT2D eigenvalue weighted by atomic mass is 9.94. The molecule has 0 spiro atoms. The molecule has 168 valence electrons. The van der Waals surface area contributed by atoms with Gasteiger partial charge in [-0.3, -0.25) is 0 Å². The van der Waals surface area contributed by atoms with Crippen LogP contribution in [0.5, 0.6) is 5.75 Å². The third-order valence-electron chi connectivity index (χ3n) is 5.83. The van der Waals surface area contributed by atoms with Crippen LogP contribution >= 0.6 is 0 Å². The standard InChI is InChI=1S/C23H42O5Si/c1-8-29(9-2,10-3)28-23(20(5)16-27-18-24-6)19(4)15-26-17-21-11-13-22(25-7)14-12-21/h11-14,19-20,23H,8-10,15-18H2,1-7H3/t19-,20-,23-/m0/s1. The van der Waals surface area contributed by atoms with Crippen LogP contribution in [0.2, 0.25) is 18.1 Å². The molecular weight excluding hydrogens is 384 g/mol. The Balaban J connectivity index is 2.72. The normalized spacial score (nSPS) is 15.1. The fraction of sp³-hybridized carbons (Fsp3) is 0.739. The molecule has 0 bridgehead atoms. The molecule has 0 aliphatic heterocycles. The smallest absolute Gasteiger partial charge is 0.192 e. The highest BCUT2D eigenvalue weighted by molar-refractivity contribution is 6.73. The molecule has 0 aliphatic rings. The quantitative estimate of drug-likeness (QED) is 0.199. The van der Waals surface area contributed by atoms with Gasteiger partial charge in [0.25, 0.3) is 0 Å². The van der Waals surface area contributed by atoms with E-state index in [0.29, 0.717) is 26.6 Å². The molecule has 0 aromatic heterocycles. The molecule has 0 fully saturated rings. The van der Waals surface area contributed by atoms with Crippen molar-refractivity contribution in [3.05, 3.63) is 29.8 Å². The Morgan fingerprint density at radius 2 is 1.38 bits per heavy atom. The number of methoxy groups -OCH3 is 2. The molecule has 6 heteroatoms. The van der Waals surface area contributed by atoms with Gasteiger partial charge < -0.3 is 23.4 Å². The summed E-state index contributed by atoms with van der Waals surface area (Å²) in [6, 6.07) is 11.4. The van der Waals surface area contributed by atoms with E-state index in [1.165, 1.54) is 0 Å². The van der Waals surface area contributed by atoms with E-state index < -0.39 is 8.32 Å². The maximum absolute atomic E-state index is 6.89. The van der Waals surface area contributed by atoms with Gasteiger partial charge in [0.2, 0.25) is 0 Å². The van der Waals surface area contributed by atoms with Gasteiger partial charge in [0.05, 0.1) is 33.0 Å². The summed E-state index contributed by atoms with van der Waals surface area (Å²) in [5.41, 5.74) is 1.14. The van der Waals surface area contributed by atoms with Gasteiger partial charge in [0.1, 0.15) is 12.5 Å². The summed E-state index contributed by atoms with van der Waals surface area (Å²) in [4.78, 5) is 0. The van der Waals surface area contributed by atoms with Gasteiger partial charge in [-0.05, 0) is 35.8 Å². The van der Waals surface area contributed by atoms with Crippen molar-refractivity contribution in [2.45, 2.75) is 65.5 Å². The van der Waals surface area contributed by atoms with Crippen molar-refractivity contribution in [3.8, 4) is 5.75 Å². The fourth-order valence-corrected chi connectivity index (χ4v) is 6.72. The van der Waals surface area contributed by atoms with Gasteiger partial charge in [-0.25, -0.2) is 0 Å². The topological polar surface area (TPSA) is 46.2 Å². The molecule has 1 aromatic carbocycles. The van der Waals surface area contributed by atoms with Crippen molar-refractivity contribution in [1.29, 1.82) is 0 Å². The molecule has 0 heterocycles. The molecule has 1 rings (SSSR count). The van der Waals surface area contributed by atoms with Crippen LogP contribution in [-0.2, 0) is 25.2 Å². The Labute approximate surface area is 179 Å². The minimum atomic E-state index is -1.72. The summed E-state index contributed by atoms with van der Waals surface area (Å²) in [6.45, 7) is 13.4. The van der Waals surface area contributed by atoms with E-state index in [4.69, 9.17) is 23.4 Å². The summed E-state index contributed by atoms with van der Waals surface area (Å²) >= 11 is 0. The third-order valence-corrected chi connectivity index (χ3v) is 10.5. The number of rotatable bonds is 16. The van der Waals surface area contributed by atoms with Crippen molar-refractivity contribution in [2.75, 3.05) is 34.2 Å². The minimum absolute atomic E-state index is 0.120. The average molecular weight is 427 g/mol. The molecule has 0 unspecified atom stereocenters. The maximum Gasteiger partial charge on any atom is 0.192 e. The molecule has 0 radical (unpaired) electrons. The molecule has 29 heavy (non-hydrogen) atoms. The Morgan fingerprint density at radius 3 is 1.86 bits per heavy atom. The van der Waals surface area contributed by atoms with Gasteiger partial charge in [-0.2, -0.15) is 0 Å². The zero-order valence-corrected chi connectivity index (χ0v) is 20.5. The highest BCUT2D eigenvalue weighted by Gasteiger charge is 2.36. The van der Waals surface area contributed by atoms with Crippen LogP contribution in [0, 0.1) is 11.8 Å². The molecule has 0 saturated heterocycles. The van der Waals surface area contributed by atoms with Crippen LogP contribution in [0.3, 0.4) is 0 Å². The first-order valence-electron chi connectivity index (χ1n) is 10.9. The number of hydrogen-bond acceptors (Lipinski definition) is 5. The van der Waals surface area contributed by atoms with Crippen LogP contribution in [0.25, 0.3) is 0 Å². The monoisotopic (exact) mass is 426 g/mol. The highest BCUT2D eigenvalue weighted by Crippen LogP contribution is 2.29. The van der Waals surface area contributed by atoms with Crippen LogP contribution < -0.4 is 4.74 Å².